The highest BCUT2D eigenvalue weighted by Gasteiger charge is 2.32. The molecule has 0 N–H and O–H groups in total. The van der Waals surface area contributed by atoms with Crippen molar-refractivity contribution in [3.05, 3.63) is 59.7 Å². The molecule has 2 unspecified atom stereocenters. The summed E-state index contributed by atoms with van der Waals surface area (Å²) >= 11 is 0. The molecule has 3 rings (SSSR count). The van der Waals surface area contributed by atoms with Crippen molar-refractivity contribution < 1.29 is 27.5 Å². The van der Waals surface area contributed by atoms with Crippen LogP contribution in [0.25, 0.3) is 0 Å². The van der Waals surface area contributed by atoms with Gasteiger partial charge in [-0.05, 0) is 50.2 Å². The highest BCUT2D eigenvalue weighted by atomic mass is 32.2. The first-order valence-electron chi connectivity index (χ1n) is 9.86. The summed E-state index contributed by atoms with van der Waals surface area (Å²) in [6.07, 6.45) is -0.384. The van der Waals surface area contributed by atoms with Crippen molar-refractivity contribution in [1.29, 1.82) is 0 Å². The van der Waals surface area contributed by atoms with Crippen LogP contribution in [0.15, 0.2) is 53.4 Å². The first kappa shape index (κ1) is 22.9. The number of carbonyl (C=O) groups excluding carboxylic acids is 2. The summed E-state index contributed by atoms with van der Waals surface area (Å²) in [5.74, 6) is -0.931. The lowest BCUT2D eigenvalue weighted by Gasteiger charge is -2.34. The molecule has 9 heteroatoms. The standard InChI is InChI=1S/C22H26N2O6S/c1-15-13-24(14-16(2)30-15)31(27,28)18-11-9-17(10-12-18)21(25)23(3)20-8-6-5-7-19(20)22(26)29-4/h5-12,15-16H,13-14H2,1-4H3. The van der Waals surface area contributed by atoms with Crippen LogP contribution in [-0.2, 0) is 19.5 Å². The molecule has 1 amide bonds. The lowest BCUT2D eigenvalue weighted by atomic mass is 10.1. The Hall–Kier alpha value is -2.75. The van der Waals surface area contributed by atoms with Crippen LogP contribution in [0.5, 0.6) is 0 Å². The third kappa shape index (κ3) is 4.79. The number of sulfonamides is 1. The van der Waals surface area contributed by atoms with Gasteiger partial charge in [0.05, 0.1) is 35.5 Å². The highest BCUT2D eigenvalue weighted by Crippen LogP contribution is 2.24. The fourth-order valence-electron chi connectivity index (χ4n) is 3.60. The molecule has 2 aromatic rings. The smallest absolute Gasteiger partial charge is 0.339 e. The summed E-state index contributed by atoms with van der Waals surface area (Å²) < 4.78 is 37.8. The van der Waals surface area contributed by atoms with Crippen molar-refractivity contribution >= 4 is 27.6 Å². The van der Waals surface area contributed by atoms with Gasteiger partial charge in [0.15, 0.2) is 0 Å². The molecule has 0 spiro atoms. The Kier molecular flexibility index (Phi) is 6.78. The molecule has 1 aliphatic rings. The predicted molar refractivity (Wildman–Crippen MR) is 116 cm³/mol. The summed E-state index contributed by atoms with van der Waals surface area (Å²) in [5, 5.41) is 0. The highest BCUT2D eigenvalue weighted by molar-refractivity contribution is 7.89. The lowest BCUT2D eigenvalue weighted by Crippen LogP contribution is -2.48. The zero-order chi connectivity index (χ0) is 22.8. The van der Waals surface area contributed by atoms with Crippen LogP contribution in [0.2, 0.25) is 0 Å². The van der Waals surface area contributed by atoms with Crippen LogP contribution in [0, 0.1) is 0 Å². The lowest BCUT2D eigenvalue weighted by molar-refractivity contribution is -0.0440. The van der Waals surface area contributed by atoms with Gasteiger partial charge in [-0.15, -0.1) is 0 Å². The summed E-state index contributed by atoms with van der Waals surface area (Å²) in [6.45, 7) is 4.23. The first-order chi connectivity index (χ1) is 14.6. The average molecular weight is 447 g/mol. The summed E-state index contributed by atoms with van der Waals surface area (Å²) in [6, 6.07) is 12.4. The number of ether oxygens (including phenoxy) is 2. The van der Waals surface area contributed by atoms with E-state index in [1.807, 2.05) is 13.8 Å². The van der Waals surface area contributed by atoms with E-state index in [2.05, 4.69) is 0 Å². The van der Waals surface area contributed by atoms with Crippen LogP contribution in [-0.4, -0.2) is 64.1 Å². The molecule has 166 valence electrons. The molecule has 0 radical (unpaired) electrons. The van der Waals surface area contributed by atoms with Gasteiger partial charge in [0.1, 0.15) is 0 Å². The van der Waals surface area contributed by atoms with E-state index >= 15 is 0 Å². The van der Waals surface area contributed by atoms with Gasteiger partial charge >= 0.3 is 5.97 Å². The van der Waals surface area contributed by atoms with Gasteiger partial charge in [-0.1, -0.05) is 12.1 Å². The number of rotatable bonds is 5. The van der Waals surface area contributed by atoms with Crippen LogP contribution < -0.4 is 4.90 Å². The molecule has 31 heavy (non-hydrogen) atoms. The van der Waals surface area contributed by atoms with Gasteiger partial charge in [0, 0.05) is 25.7 Å². The molecule has 2 atom stereocenters. The number of benzene rings is 2. The normalized spacial score (nSPS) is 19.6. The Bertz CT molecular complexity index is 1060. The number of anilines is 1. The SMILES string of the molecule is COC(=O)c1ccccc1N(C)C(=O)c1ccc(S(=O)(=O)N2CC(C)OC(C)C2)cc1. The number of hydrogen-bond donors (Lipinski definition) is 0. The largest absolute Gasteiger partial charge is 0.465 e. The second-order valence-electron chi connectivity index (χ2n) is 7.48. The molecule has 0 aliphatic carbocycles. The van der Waals surface area contributed by atoms with Gasteiger partial charge in [-0.3, -0.25) is 4.79 Å². The molecule has 1 saturated heterocycles. The molecule has 1 heterocycles. The van der Waals surface area contributed by atoms with Crippen molar-refractivity contribution in [2.75, 3.05) is 32.1 Å². The summed E-state index contributed by atoms with van der Waals surface area (Å²) in [4.78, 5) is 26.4. The van der Waals surface area contributed by atoms with Crippen molar-refractivity contribution in [3.63, 3.8) is 0 Å². The van der Waals surface area contributed by atoms with E-state index in [9.17, 15) is 18.0 Å². The van der Waals surface area contributed by atoms with Gasteiger partial charge in [-0.2, -0.15) is 4.31 Å². The van der Waals surface area contributed by atoms with Gasteiger partial charge < -0.3 is 14.4 Å². The van der Waals surface area contributed by atoms with E-state index in [0.29, 0.717) is 11.3 Å². The average Bonchev–Trinajstić information content (AvgIpc) is 2.77. The second-order valence-corrected chi connectivity index (χ2v) is 9.41. The monoisotopic (exact) mass is 446 g/mol. The minimum Gasteiger partial charge on any atom is -0.465 e. The number of nitrogens with zero attached hydrogens (tertiary/aromatic N) is 2. The Balaban J connectivity index is 1.83. The van der Waals surface area contributed by atoms with E-state index in [0.717, 1.165) is 0 Å². The van der Waals surface area contributed by atoms with Crippen molar-refractivity contribution in [2.24, 2.45) is 0 Å². The fourth-order valence-corrected chi connectivity index (χ4v) is 5.19. The second kappa shape index (κ2) is 9.17. The molecular formula is C22H26N2O6S. The zero-order valence-electron chi connectivity index (χ0n) is 17.9. The van der Waals surface area contributed by atoms with E-state index in [1.54, 1.807) is 31.3 Å². The maximum absolute atomic E-state index is 13.0. The Morgan fingerprint density at radius 2 is 1.61 bits per heavy atom. The molecule has 2 aromatic carbocycles. The molecule has 1 aliphatic heterocycles. The van der Waals surface area contributed by atoms with Crippen molar-refractivity contribution in [2.45, 2.75) is 31.0 Å². The van der Waals surface area contributed by atoms with E-state index in [4.69, 9.17) is 9.47 Å². The van der Waals surface area contributed by atoms with Crippen molar-refractivity contribution in [1.82, 2.24) is 4.31 Å². The van der Waals surface area contributed by atoms with E-state index in [1.165, 1.54) is 40.6 Å². The Morgan fingerprint density at radius 1 is 1.03 bits per heavy atom. The minimum atomic E-state index is -3.70. The quantitative estimate of drug-likeness (QED) is 0.656. The molecule has 0 aromatic heterocycles. The number of esters is 1. The molecular weight excluding hydrogens is 420 g/mol. The number of morpholine rings is 1. The third-order valence-electron chi connectivity index (χ3n) is 5.10. The third-order valence-corrected chi connectivity index (χ3v) is 6.95. The number of hydrogen-bond acceptors (Lipinski definition) is 6. The maximum atomic E-state index is 13.0. The topological polar surface area (TPSA) is 93.2 Å². The number of methoxy groups -OCH3 is 1. The predicted octanol–water partition coefficient (Wildman–Crippen LogP) is 2.55. The Labute approximate surface area is 182 Å². The molecule has 0 saturated carbocycles. The van der Waals surface area contributed by atoms with Crippen LogP contribution >= 0.6 is 0 Å². The van der Waals surface area contributed by atoms with Crippen molar-refractivity contribution in [3.8, 4) is 0 Å². The maximum Gasteiger partial charge on any atom is 0.339 e. The van der Waals surface area contributed by atoms with Gasteiger partial charge in [0.25, 0.3) is 5.91 Å². The molecule has 8 nitrogen and oxygen atoms in total. The summed E-state index contributed by atoms with van der Waals surface area (Å²) in [7, 11) is -0.876. The van der Waals surface area contributed by atoms with Crippen LogP contribution in [0.1, 0.15) is 34.6 Å². The first-order valence-corrected chi connectivity index (χ1v) is 11.3. The van der Waals surface area contributed by atoms with Gasteiger partial charge in [0.2, 0.25) is 10.0 Å². The molecule has 0 bridgehead atoms. The number of carbonyl (C=O) groups is 2. The number of para-hydroxylation sites is 1. The number of amides is 1. The Morgan fingerprint density at radius 3 is 2.19 bits per heavy atom. The summed E-state index contributed by atoms with van der Waals surface area (Å²) in [5.41, 5.74) is 0.952. The van der Waals surface area contributed by atoms with Crippen LogP contribution in [0.3, 0.4) is 0 Å². The minimum absolute atomic E-state index is 0.114. The van der Waals surface area contributed by atoms with E-state index in [-0.39, 0.29) is 41.7 Å². The van der Waals surface area contributed by atoms with E-state index < -0.39 is 16.0 Å². The van der Waals surface area contributed by atoms with Crippen LogP contribution in [0.4, 0.5) is 5.69 Å². The van der Waals surface area contributed by atoms with Gasteiger partial charge in [-0.25, -0.2) is 13.2 Å². The molecule has 1 fully saturated rings. The zero-order valence-corrected chi connectivity index (χ0v) is 18.8. The fraction of sp³-hybridized carbons (Fsp3) is 0.364.